The van der Waals surface area contributed by atoms with Gasteiger partial charge in [0.05, 0.1) is 11.4 Å². The van der Waals surface area contributed by atoms with Gasteiger partial charge in [0.2, 0.25) is 0 Å². The highest BCUT2D eigenvalue weighted by Crippen LogP contribution is 2.41. The van der Waals surface area contributed by atoms with E-state index in [4.69, 9.17) is 5.10 Å². The quantitative estimate of drug-likeness (QED) is 0.406. The first-order valence-electron chi connectivity index (χ1n) is 11.5. The smallest absolute Gasteiger partial charge is 0.0971 e. The lowest BCUT2D eigenvalue weighted by molar-refractivity contribution is 0.148. The highest BCUT2D eigenvalue weighted by atomic mass is 32.1. The molecule has 2 aliphatic rings. The summed E-state index contributed by atoms with van der Waals surface area (Å²) in [7, 11) is 2.21. The van der Waals surface area contributed by atoms with Crippen LogP contribution in [-0.4, -0.2) is 58.2 Å². The van der Waals surface area contributed by atoms with Gasteiger partial charge in [-0.05, 0) is 48.0 Å². The van der Waals surface area contributed by atoms with E-state index in [1.165, 1.54) is 38.4 Å². The highest BCUT2D eigenvalue weighted by molar-refractivity contribution is 7.11. The molecule has 1 saturated heterocycles. The minimum atomic E-state index is 0.950. The van der Waals surface area contributed by atoms with E-state index in [9.17, 15) is 0 Å². The summed E-state index contributed by atoms with van der Waals surface area (Å²) < 4.78 is 0. The monoisotopic (exact) mass is 453 g/mol. The first kappa shape index (κ1) is 20.5. The zero-order chi connectivity index (χ0) is 22.2. The van der Waals surface area contributed by atoms with E-state index in [1.54, 1.807) is 11.3 Å². The molecule has 0 bridgehead atoms. The summed E-state index contributed by atoms with van der Waals surface area (Å²) in [6.45, 7) is 5.65. The maximum Gasteiger partial charge on any atom is 0.0971 e. The SMILES string of the molecule is CN1CCN(Cc2ccc3c(c2)Cc2c(-c4csc(/C=C/c5ccncc5)c4)n[nH]c2-3)CC1. The summed E-state index contributed by atoms with van der Waals surface area (Å²) in [6, 6.07) is 13.2. The molecule has 3 aromatic heterocycles. The zero-order valence-electron chi connectivity index (χ0n) is 18.8. The second kappa shape index (κ2) is 8.71. The van der Waals surface area contributed by atoms with Crippen molar-refractivity contribution in [3.05, 3.63) is 81.3 Å². The molecule has 1 aromatic carbocycles. The third kappa shape index (κ3) is 4.17. The van der Waals surface area contributed by atoms with E-state index in [1.807, 2.05) is 24.5 Å². The molecule has 1 aliphatic heterocycles. The van der Waals surface area contributed by atoms with Crippen LogP contribution in [0.1, 0.15) is 27.1 Å². The van der Waals surface area contributed by atoms with Gasteiger partial charge in [-0.3, -0.25) is 15.0 Å². The summed E-state index contributed by atoms with van der Waals surface area (Å²) in [6.07, 6.45) is 8.88. The van der Waals surface area contributed by atoms with Gasteiger partial charge in [0.1, 0.15) is 0 Å². The van der Waals surface area contributed by atoms with Gasteiger partial charge in [-0.2, -0.15) is 5.10 Å². The third-order valence-corrected chi connectivity index (χ3v) is 7.61. The molecule has 6 rings (SSSR count). The number of H-pyrrole nitrogens is 1. The Morgan fingerprint density at radius 3 is 2.73 bits per heavy atom. The number of aromatic amines is 1. The first-order valence-corrected chi connectivity index (χ1v) is 12.4. The molecule has 0 amide bonds. The van der Waals surface area contributed by atoms with Crippen LogP contribution in [0.2, 0.25) is 0 Å². The van der Waals surface area contributed by atoms with Crippen LogP contribution in [0.25, 0.3) is 34.7 Å². The van der Waals surface area contributed by atoms with Gasteiger partial charge >= 0.3 is 0 Å². The number of benzene rings is 1. The van der Waals surface area contributed by atoms with Crippen molar-refractivity contribution < 1.29 is 0 Å². The van der Waals surface area contributed by atoms with Crippen molar-refractivity contribution in [3.63, 3.8) is 0 Å². The van der Waals surface area contributed by atoms with Gasteiger partial charge < -0.3 is 4.90 Å². The number of nitrogens with one attached hydrogen (secondary N) is 1. The van der Waals surface area contributed by atoms with E-state index < -0.39 is 0 Å². The van der Waals surface area contributed by atoms with E-state index in [-0.39, 0.29) is 0 Å². The second-order valence-electron chi connectivity index (χ2n) is 9.03. The molecule has 0 radical (unpaired) electrons. The molecule has 6 heteroatoms. The third-order valence-electron chi connectivity index (χ3n) is 6.71. The van der Waals surface area contributed by atoms with E-state index in [0.29, 0.717) is 0 Å². The highest BCUT2D eigenvalue weighted by Gasteiger charge is 2.26. The Kier molecular flexibility index (Phi) is 5.42. The van der Waals surface area contributed by atoms with Crippen LogP contribution in [0.3, 0.4) is 0 Å². The molecule has 0 unspecified atom stereocenters. The van der Waals surface area contributed by atoms with Crippen LogP contribution in [0.5, 0.6) is 0 Å². The van der Waals surface area contributed by atoms with E-state index in [2.05, 4.69) is 68.7 Å². The number of hydrogen-bond donors (Lipinski definition) is 1. The minimum Gasteiger partial charge on any atom is -0.304 e. The summed E-state index contributed by atoms with van der Waals surface area (Å²) in [5, 5.41) is 10.2. The molecule has 1 aliphatic carbocycles. The Balaban J connectivity index is 1.20. The molecular formula is C27H27N5S. The molecular weight excluding hydrogens is 426 g/mol. The lowest BCUT2D eigenvalue weighted by Gasteiger charge is -2.32. The summed E-state index contributed by atoms with van der Waals surface area (Å²) >= 11 is 1.75. The summed E-state index contributed by atoms with van der Waals surface area (Å²) in [5.41, 5.74) is 10.1. The normalized spacial score (nSPS) is 16.4. The zero-order valence-corrected chi connectivity index (χ0v) is 19.6. The van der Waals surface area contributed by atoms with Crippen LogP contribution in [-0.2, 0) is 13.0 Å². The van der Waals surface area contributed by atoms with Gasteiger partial charge in [-0.15, -0.1) is 11.3 Å². The Morgan fingerprint density at radius 1 is 1.03 bits per heavy atom. The second-order valence-corrected chi connectivity index (χ2v) is 9.97. The number of fused-ring (bicyclic) bond motifs is 3. The number of nitrogens with zero attached hydrogens (tertiary/aromatic N) is 4. The maximum atomic E-state index is 4.70. The lowest BCUT2D eigenvalue weighted by atomic mass is 10.0. The molecule has 33 heavy (non-hydrogen) atoms. The average Bonchev–Trinajstić information content (AvgIpc) is 3.55. The molecule has 0 spiro atoms. The first-order chi connectivity index (χ1) is 16.2. The van der Waals surface area contributed by atoms with Crippen molar-refractivity contribution in [2.24, 2.45) is 0 Å². The predicted molar refractivity (Wildman–Crippen MR) is 136 cm³/mol. The number of piperazine rings is 1. The van der Waals surface area contributed by atoms with Crippen LogP contribution < -0.4 is 0 Å². The van der Waals surface area contributed by atoms with Crippen molar-refractivity contribution in [3.8, 4) is 22.5 Å². The van der Waals surface area contributed by atoms with Crippen LogP contribution in [0.4, 0.5) is 0 Å². The number of thiophene rings is 1. The van der Waals surface area contributed by atoms with E-state index in [0.717, 1.165) is 50.4 Å². The van der Waals surface area contributed by atoms with Gasteiger partial charge in [-0.1, -0.05) is 24.3 Å². The largest absolute Gasteiger partial charge is 0.304 e. The number of rotatable bonds is 5. The summed E-state index contributed by atoms with van der Waals surface area (Å²) in [4.78, 5) is 10.3. The van der Waals surface area contributed by atoms with Crippen LogP contribution in [0.15, 0.2) is 54.2 Å². The molecule has 4 heterocycles. The molecule has 166 valence electrons. The van der Waals surface area contributed by atoms with Crippen LogP contribution in [0, 0.1) is 0 Å². The number of likely N-dealkylation sites (N-methyl/N-ethyl adjacent to an activating group) is 1. The molecule has 1 N–H and O–H groups in total. The predicted octanol–water partition coefficient (Wildman–Crippen LogP) is 5.02. The number of aromatic nitrogens is 3. The summed E-state index contributed by atoms with van der Waals surface area (Å²) in [5.74, 6) is 0. The fourth-order valence-electron chi connectivity index (χ4n) is 4.81. The Labute approximate surface area is 198 Å². The van der Waals surface area contributed by atoms with Gasteiger partial charge in [-0.25, -0.2) is 0 Å². The fourth-order valence-corrected chi connectivity index (χ4v) is 5.59. The van der Waals surface area contributed by atoms with Gasteiger partial charge in [0, 0.05) is 78.5 Å². The molecule has 4 aromatic rings. The average molecular weight is 454 g/mol. The van der Waals surface area contributed by atoms with Crippen molar-refractivity contribution in [1.82, 2.24) is 25.0 Å². The van der Waals surface area contributed by atoms with E-state index >= 15 is 0 Å². The maximum absolute atomic E-state index is 4.70. The van der Waals surface area contributed by atoms with Crippen molar-refractivity contribution >= 4 is 23.5 Å². The Hall–Kier alpha value is -3.06. The molecule has 0 saturated carbocycles. The van der Waals surface area contributed by atoms with Crippen LogP contribution >= 0.6 is 11.3 Å². The molecule has 5 nitrogen and oxygen atoms in total. The van der Waals surface area contributed by atoms with Gasteiger partial charge in [0.15, 0.2) is 0 Å². The lowest BCUT2D eigenvalue weighted by Crippen LogP contribution is -2.43. The Bertz CT molecular complexity index is 1300. The van der Waals surface area contributed by atoms with Crippen molar-refractivity contribution in [2.75, 3.05) is 33.2 Å². The Morgan fingerprint density at radius 2 is 1.88 bits per heavy atom. The molecule has 1 fully saturated rings. The van der Waals surface area contributed by atoms with Gasteiger partial charge in [0.25, 0.3) is 0 Å². The number of pyridine rings is 1. The fraction of sp³-hybridized carbons (Fsp3) is 0.259. The number of hydrogen-bond acceptors (Lipinski definition) is 5. The van der Waals surface area contributed by atoms with Crippen molar-refractivity contribution in [1.29, 1.82) is 0 Å². The topological polar surface area (TPSA) is 48.1 Å². The van der Waals surface area contributed by atoms with Crippen molar-refractivity contribution in [2.45, 2.75) is 13.0 Å². The standard InChI is InChI=1S/C27H27N5S/c1-31-10-12-32(13-11-31)17-20-3-5-24-21(14-20)16-25-26(29-30-27(24)25)22-15-23(33-18-22)4-2-19-6-8-28-9-7-19/h2-9,14-15,18H,10-13,16-17H2,1H3,(H,29,30)/b4-2+. The minimum absolute atomic E-state index is 0.950. The molecule has 0 atom stereocenters.